The lowest BCUT2D eigenvalue weighted by molar-refractivity contribution is -0.123. The summed E-state index contributed by atoms with van der Waals surface area (Å²) in [5.41, 5.74) is 4.79. The second-order valence-electron chi connectivity index (χ2n) is 5.86. The number of hydrogen-bond acceptors (Lipinski definition) is 6. The van der Waals surface area contributed by atoms with E-state index in [-0.39, 0.29) is 11.9 Å². The van der Waals surface area contributed by atoms with E-state index in [2.05, 4.69) is 15.6 Å². The molecule has 2 heterocycles. The molecule has 0 bridgehead atoms. The highest BCUT2D eigenvalue weighted by atomic mass is 32.1. The highest BCUT2D eigenvalue weighted by molar-refractivity contribution is 7.13. The number of thiazole rings is 1. The van der Waals surface area contributed by atoms with Crippen LogP contribution in [0.4, 0.5) is 0 Å². The van der Waals surface area contributed by atoms with Gasteiger partial charge in [0.05, 0.1) is 35.3 Å². The van der Waals surface area contributed by atoms with Gasteiger partial charge in [0, 0.05) is 18.7 Å². The zero-order valence-electron chi connectivity index (χ0n) is 13.7. The van der Waals surface area contributed by atoms with Crippen LogP contribution in [0.5, 0.6) is 5.75 Å². The van der Waals surface area contributed by atoms with Crippen molar-refractivity contribution in [2.45, 2.75) is 32.0 Å². The number of β-amino-alcohol motifs (C(OH)–C–C–N with tert-alkyl or cyclic N) is 1. The molecule has 1 aliphatic rings. The van der Waals surface area contributed by atoms with Crippen LogP contribution >= 0.6 is 11.3 Å². The number of amides is 1. The second kappa shape index (κ2) is 7.29. The third-order valence-corrected chi connectivity index (χ3v) is 5.15. The standard InChI is InChI=1S/C17H21N3O3S/c1-10-16(24-9-20-10)11-3-4-12(15(5-11)23-2)7-19-17(22)14-6-13(21)8-18-14/h3-5,9,13-14,18,21H,6-8H2,1-2H3,(H,19,22). The summed E-state index contributed by atoms with van der Waals surface area (Å²) in [4.78, 5) is 17.5. The zero-order chi connectivity index (χ0) is 17.1. The number of hydrogen-bond donors (Lipinski definition) is 3. The maximum Gasteiger partial charge on any atom is 0.237 e. The van der Waals surface area contributed by atoms with Crippen molar-refractivity contribution in [1.29, 1.82) is 0 Å². The van der Waals surface area contributed by atoms with Gasteiger partial charge in [0.25, 0.3) is 0 Å². The van der Waals surface area contributed by atoms with Crippen molar-refractivity contribution >= 4 is 17.2 Å². The van der Waals surface area contributed by atoms with E-state index in [1.54, 1.807) is 18.4 Å². The number of aliphatic hydroxyl groups excluding tert-OH is 1. The molecule has 6 nitrogen and oxygen atoms in total. The van der Waals surface area contributed by atoms with Crippen molar-refractivity contribution in [2.24, 2.45) is 0 Å². The lowest BCUT2D eigenvalue weighted by Crippen LogP contribution is -2.40. The van der Waals surface area contributed by atoms with Gasteiger partial charge in [-0.15, -0.1) is 11.3 Å². The van der Waals surface area contributed by atoms with E-state index in [4.69, 9.17) is 4.74 Å². The number of ether oxygens (including phenoxy) is 1. The number of aryl methyl sites for hydroxylation is 1. The summed E-state index contributed by atoms with van der Waals surface area (Å²) in [5.74, 6) is 0.635. The van der Waals surface area contributed by atoms with Crippen LogP contribution in [-0.4, -0.2) is 41.8 Å². The summed E-state index contributed by atoms with van der Waals surface area (Å²) in [6.07, 6.45) is 0.00393. The van der Waals surface area contributed by atoms with Crippen molar-refractivity contribution < 1.29 is 14.6 Å². The molecule has 128 valence electrons. The minimum atomic E-state index is -0.447. The van der Waals surface area contributed by atoms with Crippen LogP contribution in [0.2, 0.25) is 0 Å². The Morgan fingerprint density at radius 3 is 3.00 bits per heavy atom. The van der Waals surface area contributed by atoms with Crippen LogP contribution in [-0.2, 0) is 11.3 Å². The molecule has 1 aromatic carbocycles. The summed E-state index contributed by atoms with van der Waals surface area (Å²) in [5, 5.41) is 15.4. The van der Waals surface area contributed by atoms with Crippen LogP contribution in [0, 0.1) is 6.92 Å². The van der Waals surface area contributed by atoms with Gasteiger partial charge in [-0.2, -0.15) is 0 Å². The van der Waals surface area contributed by atoms with E-state index in [9.17, 15) is 9.90 Å². The molecule has 3 rings (SSSR count). The number of carbonyl (C=O) groups excluding carboxylic acids is 1. The van der Waals surface area contributed by atoms with Gasteiger partial charge in [0.1, 0.15) is 5.75 Å². The summed E-state index contributed by atoms with van der Waals surface area (Å²) in [7, 11) is 1.62. The Labute approximate surface area is 144 Å². The van der Waals surface area contributed by atoms with E-state index in [1.165, 1.54) is 0 Å². The van der Waals surface area contributed by atoms with Crippen LogP contribution in [0.3, 0.4) is 0 Å². The number of methoxy groups -OCH3 is 1. The molecule has 2 aromatic rings. The zero-order valence-corrected chi connectivity index (χ0v) is 14.5. The lowest BCUT2D eigenvalue weighted by Gasteiger charge is -2.14. The lowest BCUT2D eigenvalue weighted by atomic mass is 10.1. The van der Waals surface area contributed by atoms with Crippen molar-refractivity contribution in [3.8, 4) is 16.2 Å². The molecule has 0 aliphatic carbocycles. The van der Waals surface area contributed by atoms with E-state index in [1.807, 2.05) is 30.6 Å². The molecule has 2 unspecified atom stereocenters. The van der Waals surface area contributed by atoms with Gasteiger partial charge in [-0.3, -0.25) is 4.79 Å². The van der Waals surface area contributed by atoms with E-state index < -0.39 is 6.10 Å². The van der Waals surface area contributed by atoms with Crippen LogP contribution in [0.15, 0.2) is 23.7 Å². The molecule has 2 atom stereocenters. The summed E-state index contributed by atoms with van der Waals surface area (Å²) < 4.78 is 5.48. The fourth-order valence-corrected chi connectivity index (χ4v) is 3.64. The SMILES string of the molecule is COc1cc(-c2scnc2C)ccc1CNC(=O)C1CC(O)CN1. The maximum atomic E-state index is 12.1. The van der Waals surface area contributed by atoms with Gasteiger partial charge >= 0.3 is 0 Å². The number of rotatable bonds is 5. The van der Waals surface area contributed by atoms with E-state index >= 15 is 0 Å². The molecule has 0 radical (unpaired) electrons. The molecule has 24 heavy (non-hydrogen) atoms. The average Bonchev–Trinajstić information content (AvgIpc) is 3.21. The van der Waals surface area contributed by atoms with Crippen molar-refractivity contribution in [3.63, 3.8) is 0 Å². The van der Waals surface area contributed by atoms with Gasteiger partial charge in [-0.1, -0.05) is 12.1 Å². The Bertz CT molecular complexity index is 732. The monoisotopic (exact) mass is 347 g/mol. The Kier molecular flexibility index (Phi) is 5.13. The molecule has 1 amide bonds. The Morgan fingerprint density at radius 1 is 1.54 bits per heavy atom. The van der Waals surface area contributed by atoms with Crippen molar-refractivity contribution in [2.75, 3.05) is 13.7 Å². The molecule has 1 fully saturated rings. The molecule has 0 saturated carbocycles. The van der Waals surface area contributed by atoms with E-state index in [0.29, 0.717) is 19.5 Å². The van der Waals surface area contributed by atoms with Crippen LogP contribution in [0.1, 0.15) is 17.7 Å². The first-order valence-corrected chi connectivity index (χ1v) is 8.73. The number of nitrogens with zero attached hydrogens (tertiary/aromatic N) is 1. The third-order valence-electron chi connectivity index (χ3n) is 4.17. The largest absolute Gasteiger partial charge is 0.496 e. The number of aromatic nitrogens is 1. The number of nitrogens with one attached hydrogen (secondary N) is 2. The molecule has 7 heteroatoms. The average molecular weight is 347 g/mol. The van der Waals surface area contributed by atoms with Crippen molar-refractivity contribution in [3.05, 3.63) is 35.0 Å². The summed E-state index contributed by atoms with van der Waals surface area (Å²) in [6.45, 7) is 2.83. The van der Waals surface area contributed by atoms with E-state index in [0.717, 1.165) is 27.4 Å². The predicted octanol–water partition coefficient (Wildman–Crippen LogP) is 1.47. The van der Waals surface area contributed by atoms with Gasteiger partial charge in [0.2, 0.25) is 5.91 Å². The first-order valence-electron chi connectivity index (χ1n) is 7.85. The molecule has 0 spiro atoms. The molecule has 1 saturated heterocycles. The Hall–Kier alpha value is -1.96. The molecular weight excluding hydrogens is 326 g/mol. The minimum Gasteiger partial charge on any atom is -0.496 e. The number of benzene rings is 1. The fraction of sp³-hybridized carbons (Fsp3) is 0.412. The second-order valence-corrected chi connectivity index (χ2v) is 6.72. The number of aliphatic hydroxyl groups is 1. The van der Waals surface area contributed by atoms with Crippen LogP contribution in [0.25, 0.3) is 10.4 Å². The van der Waals surface area contributed by atoms with Gasteiger partial charge < -0.3 is 20.5 Å². The number of carbonyl (C=O) groups is 1. The third kappa shape index (κ3) is 3.58. The molecular formula is C17H21N3O3S. The topological polar surface area (TPSA) is 83.5 Å². The molecule has 1 aliphatic heterocycles. The highest BCUT2D eigenvalue weighted by Crippen LogP contribution is 2.31. The first kappa shape index (κ1) is 16.9. The van der Waals surface area contributed by atoms with Crippen LogP contribution < -0.4 is 15.4 Å². The first-order chi connectivity index (χ1) is 11.6. The minimum absolute atomic E-state index is 0.101. The van der Waals surface area contributed by atoms with Gasteiger partial charge in [-0.05, 0) is 25.0 Å². The summed E-state index contributed by atoms with van der Waals surface area (Å²) >= 11 is 1.59. The highest BCUT2D eigenvalue weighted by Gasteiger charge is 2.27. The predicted molar refractivity (Wildman–Crippen MR) is 93.1 cm³/mol. The Balaban J connectivity index is 1.69. The quantitative estimate of drug-likeness (QED) is 0.763. The van der Waals surface area contributed by atoms with Gasteiger partial charge in [0.15, 0.2) is 0 Å². The van der Waals surface area contributed by atoms with Crippen molar-refractivity contribution in [1.82, 2.24) is 15.6 Å². The molecule has 3 N–H and O–H groups in total. The fourth-order valence-electron chi connectivity index (χ4n) is 2.83. The smallest absolute Gasteiger partial charge is 0.237 e. The summed E-state index contributed by atoms with van der Waals surface area (Å²) in [6, 6.07) is 5.62. The normalized spacial score (nSPS) is 20.1. The van der Waals surface area contributed by atoms with Gasteiger partial charge in [-0.25, -0.2) is 4.98 Å². The molecule has 1 aromatic heterocycles. The Morgan fingerprint density at radius 2 is 2.38 bits per heavy atom. The maximum absolute atomic E-state index is 12.1.